The normalized spacial score (nSPS) is 18.6. The second-order valence-corrected chi connectivity index (χ2v) is 6.07. The van der Waals surface area contributed by atoms with Gasteiger partial charge in [-0.25, -0.2) is 0 Å². The molecule has 0 atom stereocenters. The number of amidine groups is 1. The van der Waals surface area contributed by atoms with E-state index in [0.717, 1.165) is 30.4 Å². The lowest BCUT2D eigenvalue weighted by molar-refractivity contribution is 0.437. The van der Waals surface area contributed by atoms with Crippen molar-refractivity contribution in [2.75, 3.05) is 18.8 Å². The van der Waals surface area contributed by atoms with Crippen LogP contribution in [0.2, 0.25) is 0 Å². The molecular weight excluding hydrogens is 230 g/mol. The van der Waals surface area contributed by atoms with Gasteiger partial charge in [-0.1, -0.05) is 25.6 Å². The van der Waals surface area contributed by atoms with Crippen LogP contribution in [0.5, 0.6) is 0 Å². The van der Waals surface area contributed by atoms with Crippen LogP contribution in [0.1, 0.15) is 19.4 Å². The van der Waals surface area contributed by atoms with Gasteiger partial charge in [-0.3, -0.25) is 9.98 Å². The van der Waals surface area contributed by atoms with Gasteiger partial charge in [-0.05, 0) is 29.5 Å². The molecule has 0 saturated carbocycles. The van der Waals surface area contributed by atoms with Crippen LogP contribution in [-0.2, 0) is 6.42 Å². The van der Waals surface area contributed by atoms with Crippen LogP contribution in [-0.4, -0.2) is 29.0 Å². The summed E-state index contributed by atoms with van der Waals surface area (Å²) < 4.78 is 0. The molecule has 1 N–H and O–H groups in total. The Morgan fingerprint density at radius 3 is 2.76 bits per heavy atom. The molecule has 0 aromatic carbocycles. The van der Waals surface area contributed by atoms with Gasteiger partial charge in [0.05, 0.1) is 0 Å². The number of aliphatic imine (C=N–C) groups is 1. The number of hydrogen-bond acceptors (Lipinski definition) is 4. The molecule has 1 aromatic heterocycles. The molecule has 0 bridgehead atoms. The third kappa shape index (κ3) is 4.04. The summed E-state index contributed by atoms with van der Waals surface area (Å²) in [4.78, 5) is 8.58. The number of rotatable bonds is 3. The Balaban J connectivity index is 1.75. The van der Waals surface area contributed by atoms with Crippen molar-refractivity contribution in [3.63, 3.8) is 0 Å². The van der Waals surface area contributed by atoms with Crippen molar-refractivity contribution >= 4 is 16.9 Å². The first-order valence-electron chi connectivity index (χ1n) is 5.96. The topological polar surface area (TPSA) is 37.3 Å². The van der Waals surface area contributed by atoms with E-state index in [4.69, 9.17) is 0 Å². The second-order valence-electron chi connectivity index (χ2n) is 5.11. The fourth-order valence-corrected chi connectivity index (χ4v) is 2.59. The van der Waals surface area contributed by atoms with E-state index >= 15 is 0 Å². The lowest BCUT2D eigenvalue weighted by Crippen LogP contribution is -2.32. The monoisotopic (exact) mass is 249 g/mol. The highest BCUT2D eigenvalue weighted by atomic mass is 32.2. The molecule has 17 heavy (non-hydrogen) atoms. The minimum Gasteiger partial charge on any atom is -0.365 e. The smallest absolute Gasteiger partial charge is 0.156 e. The van der Waals surface area contributed by atoms with E-state index in [1.807, 2.05) is 24.2 Å². The molecule has 2 rings (SSSR count). The lowest BCUT2D eigenvalue weighted by Gasteiger charge is -2.27. The zero-order valence-corrected chi connectivity index (χ0v) is 11.3. The van der Waals surface area contributed by atoms with Crippen LogP contribution >= 0.6 is 11.8 Å². The van der Waals surface area contributed by atoms with Gasteiger partial charge >= 0.3 is 0 Å². The van der Waals surface area contributed by atoms with E-state index in [0.29, 0.717) is 5.41 Å². The number of thioether (sulfide) groups is 1. The lowest BCUT2D eigenvalue weighted by atomic mass is 9.97. The third-order valence-corrected chi connectivity index (χ3v) is 4.16. The molecule has 0 amide bonds. The molecule has 92 valence electrons. The zero-order valence-electron chi connectivity index (χ0n) is 10.4. The minimum absolute atomic E-state index is 0.348. The molecule has 1 aliphatic rings. The molecule has 4 heteroatoms. The highest BCUT2D eigenvalue weighted by molar-refractivity contribution is 8.13. The Morgan fingerprint density at radius 1 is 1.35 bits per heavy atom. The van der Waals surface area contributed by atoms with E-state index < -0.39 is 0 Å². The Hall–Kier alpha value is -1.03. The van der Waals surface area contributed by atoms with Crippen molar-refractivity contribution in [3.05, 3.63) is 30.1 Å². The molecule has 0 radical (unpaired) electrons. The summed E-state index contributed by atoms with van der Waals surface area (Å²) in [6.45, 7) is 6.39. The highest BCUT2D eigenvalue weighted by Crippen LogP contribution is 2.26. The van der Waals surface area contributed by atoms with E-state index in [1.165, 1.54) is 5.56 Å². The number of nitrogens with zero attached hydrogens (tertiary/aromatic N) is 2. The standard InChI is InChI=1S/C13H19N3S/c1-13(2)9-16-12(17-10-13)15-8-5-11-3-6-14-7-4-11/h3-4,6-7H,5,8-10H2,1-2H3,(H,15,16). The van der Waals surface area contributed by atoms with Crippen molar-refractivity contribution in [2.24, 2.45) is 10.4 Å². The van der Waals surface area contributed by atoms with Crippen molar-refractivity contribution in [3.8, 4) is 0 Å². The van der Waals surface area contributed by atoms with Crippen molar-refractivity contribution < 1.29 is 0 Å². The summed E-state index contributed by atoms with van der Waals surface area (Å²) in [5.41, 5.74) is 1.66. The van der Waals surface area contributed by atoms with E-state index in [-0.39, 0.29) is 0 Å². The largest absolute Gasteiger partial charge is 0.365 e. The Morgan fingerprint density at radius 2 is 2.12 bits per heavy atom. The van der Waals surface area contributed by atoms with Gasteiger partial charge in [0.1, 0.15) is 0 Å². The molecule has 0 unspecified atom stereocenters. The first-order valence-corrected chi connectivity index (χ1v) is 6.94. The number of pyridine rings is 1. The summed E-state index contributed by atoms with van der Waals surface area (Å²) in [5, 5.41) is 4.50. The van der Waals surface area contributed by atoms with Gasteiger partial charge in [-0.2, -0.15) is 0 Å². The molecule has 0 saturated heterocycles. The van der Waals surface area contributed by atoms with Crippen LogP contribution in [0.3, 0.4) is 0 Å². The first-order chi connectivity index (χ1) is 8.16. The van der Waals surface area contributed by atoms with Crippen LogP contribution in [0.25, 0.3) is 0 Å². The van der Waals surface area contributed by atoms with Gasteiger partial charge in [0, 0.05) is 31.2 Å². The molecule has 3 nitrogen and oxygen atoms in total. The van der Waals surface area contributed by atoms with Gasteiger partial charge in [0.25, 0.3) is 0 Å². The summed E-state index contributed by atoms with van der Waals surface area (Å²) in [6, 6.07) is 4.11. The van der Waals surface area contributed by atoms with Gasteiger partial charge < -0.3 is 5.32 Å². The Bertz CT molecular complexity index is 387. The SMILES string of the molecule is CC1(C)CN=C(NCCc2ccncc2)SC1. The van der Waals surface area contributed by atoms with E-state index in [1.54, 1.807) is 0 Å². The van der Waals surface area contributed by atoms with Gasteiger partial charge in [0.2, 0.25) is 0 Å². The summed E-state index contributed by atoms with van der Waals surface area (Å²) >= 11 is 1.83. The van der Waals surface area contributed by atoms with Crippen LogP contribution in [0, 0.1) is 5.41 Å². The molecule has 2 heterocycles. The van der Waals surface area contributed by atoms with Gasteiger partial charge in [0.15, 0.2) is 5.17 Å². The van der Waals surface area contributed by atoms with Crippen LogP contribution < -0.4 is 5.32 Å². The summed E-state index contributed by atoms with van der Waals surface area (Å²) in [5.74, 6) is 1.15. The highest BCUT2D eigenvalue weighted by Gasteiger charge is 2.22. The van der Waals surface area contributed by atoms with E-state index in [9.17, 15) is 0 Å². The minimum atomic E-state index is 0.348. The maximum atomic E-state index is 4.57. The van der Waals surface area contributed by atoms with Crippen molar-refractivity contribution in [1.29, 1.82) is 0 Å². The quantitative estimate of drug-likeness (QED) is 0.893. The maximum absolute atomic E-state index is 4.57. The van der Waals surface area contributed by atoms with E-state index in [2.05, 4.69) is 41.3 Å². The fraction of sp³-hybridized carbons (Fsp3) is 0.538. The molecule has 0 spiro atoms. The predicted octanol–water partition coefficient (Wildman–Crippen LogP) is 2.34. The van der Waals surface area contributed by atoms with Crippen LogP contribution in [0.15, 0.2) is 29.5 Å². The average molecular weight is 249 g/mol. The maximum Gasteiger partial charge on any atom is 0.156 e. The number of nitrogens with one attached hydrogen (secondary N) is 1. The fourth-order valence-electron chi connectivity index (χ4n) is 1.61. The van der Waals surface area contributed by atoms with Crippen molar-refractivity contribution in [2.45, 2.75) is 20.3 Å². The Kier molecular flexibility index (Phi) is 4.05. The van der Waals surface area contributed by atoms with Crippen molar-refractivity contribution in [1.82, 2.24) is 10.3 Å². The summed E-state index contributed by atoms with van der Waals surface area (Å²) in [6.07, 6.45) is 4.70. The predicted molar refractivity (Wildman–Crippen MR) is 74.5 cm³/mol. The first kappa shape index (κ1) is 12.4. The summed E-state index contributed by atoms with van der Waals surface area (Å²) in [7, 11) is 0. The second kappa shape index (κ2) is 5.54. The molecule has 1 aromatic rings. The Labute approximate surface area is 107 Å². The number of hydrogen-bond donors (Lipinski definition) is 1. The molecular formula is C13H19N3S. The average Bonchev–Trinajstić information content (AvgIpc) is 2.33. The van der Waals surface area contributed by atoms with Crippen LogP contribution in [0.4, 0.5) is 0 Å². The third-order valence-electron chi connectivity index (χ3n) is 2.69. The zero-order chi connectivity index (χ0) is 12.1. The number of aromatic nitrogens is 1. The molecule has 1 aliphatic heterocycles. The molecule has 0 fully saturated rings. The van der Waals surface area contributed by atoms with Gasteiger partial charge in [-0.15, -0.1) is 0 Å². The molecule has 0 aliphatic carbocycles.